The first kappa shape index (κ1) is 18.6. The molecule has 1 aromatic rings. The van der Waals surface area contributed by atoms with Gasteiger partial charge in [0.25, 0.3) is 11.6 Å². The molecular formula is C13H10ClF5N2O3. The fraction of sp³-hybridized carbons (Fsp3) is 0.385. The van der Waals surface area contributed by atoms with Crippen LogP contribution in [0.4, 0.5) is 22.0 Å². The summed E-state index contributed by atoms with van der Waals surface area (Å²) in [6.07, 6.45) is -11.9. The van der Waals surface area contributed by atoms with Crippen LogP contribution in [0.2, 0.25) is 5.02 Å². The number of halogens is 6. The second kappa shape index (κ2) is 5.94. The zero-order valence-corrected chi connectivity index (χ0v) is 12.7. The van der Waals surface area contributed by atoms with Gasteiger partial charge in [0.05, 0.1) is 10.6 Å². The van der Waals surface area contributed by atoms with Crippen LogP contribution in [0.3, 0.4) is 0 Å². The molecule has 1 amide bonds. The van der Waals surface area contributed by atoms with Gasteiger partial charge in [-0.2, -0.15) is 18.9 Å². The van der Waals surface area contributed by atoms with Crippen molar-refractivity contribution >= 4 is 23.2 Å². The first-order valence-corrected chi connectivity index (χ1v) is 6.75. The maximum atomic E-state index is 13.9. The average molecular weight is 373 g/mol. The molecule has 0 saturated heterocycles. The number of aliphatic hydroxyl groups is 1. The molecule has 0 bridgehead atoms. The summed E-state index contributed by atoms with van der Waals surface area (Å²) >= 11 is 5.77. The maximum absolute atomic E-state index is 13.9. The van der Waals surface area contributed by atoms with Gasteiger partial charge in [0.2, 0.25) is 0 Å². The molecule has 1 atom stereocenters. The predicted octanol–water partition coefficient (Wildman–Crippen LogP) is 3.38. The summed E-state index contributed by atoms with van der Waals surface area (Å²) in [5, 5.41) is 13.2. The SMILES string of the molecule is CC1=NN(C(=O)c2ccccc2Cl)C(O)(C(F)(F)OC(F)(F)F)C1. The summed E-state index contributed by atoms with van der Waals surface area (Å²) < 4.78 is 67.2. The second-order valence-electron chi connectivity index (χ2n) is 4.99. The molecule has 132 valence electrons. The van der Waals surface area contributed by atoms with Crippen LogP contribution in [0.15, 0.2) is 29.4 Å². The van der Waals surface area contributed by atoms with Crippen LogP contribution in [0.25, 0.3) is 0 Å². The molecule has 1 aliphatic heterocycles. The Balaban J connectivity index is 2.44. The van der Waals surface area contributed by atoms with Crippen LogP contribution < -0.4 is 0 Å². The Morgan fingerprint density at radius 3 is 2.46 bits per heavy atom. The third kappa shape index (κ3) is 3.35. The molecule has 0 spiro atoms. The van der Waals surface area contributed by atoms with Gasteiger partial charge in [0.15, 0.2) is 0 Å². The molecule has 1 aliphatic rings. The Kier molecular flexibility index (Phi) is 4.59. The number of alkyl halides is 5. The highest BCUT2D eigenvalue weighted by Crippen LogP contribution is 2.44. The van der Waals surface area contributed by atoms with E-state index in [2.05, 4.69) is 9.84 Å². The zero-order valence-electron chi connectivity index (χ0n) is 11.9. The number of hydrogen-bond acceptors (Lipinski definition) is 4. The molecule has 1 N–H and O–H groups in total. The van der Waals surface area contributed by atoms with E-state index in [1.54, 1.807) is 0 Å². The molecule has 5 nitrogen and oxygen atoms in total. The van der Waals surface area contributed by atoms with E-state index in [1.165, 1.54) is 18.2 Å². The molecule has 11 heteroatoms. The molecule has 0 radical (unpaired) electrons. The standard InChI is InChI=1S/C13H10ClF5N2O3/c1-7-6-11(23,12(15,16)24-13(17,18)19)21(20-7)10(22)8-4-2-3-5-9(8)14/h2-5,23H,6H2,1H3. The van der Waals surface area contributed by atoms with Crippen molar-refractivity contribution in [3.8, 4) is 0 Å². The highest BCUT2D eigenvalue weighted by Gasteiger charge is 2.66. The summed E-state index contributed by atoms with van der Waals surface area (Å²) in [6, 6.07) is 5.22. The van der Waals surface area contributed by atoms with Crippen molar-refractivity contribution in [2.24, 2.45) is 5.10 Å². The third-order valence-corrected chi connectivity index (χ3v) is 3.46. The van der Waals surface area contributed by atoms with Gasteiger partial charge in [0.1, 0.15) is 0 Å². The monoisotopic (exact) mass is 372 g/mol. The van der Waals surface area contributed by atoms with E-state index in [4.69, 9.17) is 11.6 Å². The lowest BCUT2D eigenvalue weighted by Gasteiger charge is -2.36. The Hall–Kier alpha value is -1.78. The van der Waals surface area contributed by atoms with Crippen LogP contribution in [0.1, 0.15) is 23.7 Å². The van der Waals surface area contributed by atoms with Gasteiger partial charge in [-0.1, -0.05) is 23.7 Å². The molecule has 1 aromatic carbocycles. The van der Waals surface area contributed by atoms with Crippen LogP contribution >= 0.6 is 11.6 Å². The topological polar surface area (TPSA) is 62.1 Å². The highest BCUT2D eigenvalue weighted by atomic mass is 35.5. The highest BCUT2D eigenvalue weighted by molar-refractivity contribution is 6.33. The van der Waals surface area contributed by atoms with Crippen molar-refractivity contribution in [2.75, 3.05) is 0 Å². The number of carbonyl (C=O) groups is 1. The maximum Gasteiger partial charge on any atom is 0.527 e. The van der Waals surface area contributed by atoms with E-state index >= 15 is 0 Å². The summed E-state index contributed by atoms with van der Waals surface area (Å²) in [5.41, 5.74) is -4.16. The molecule has 0 aromatic heterocycles. The third-order valence-electron chi connectivity index (χ3n) is 3.13. The molecule has 0 saturated carbocycles. The number of benzene rings is 1. The minimum absolute atomic E-state index is 0.144. The lowest BCUT2D eigenvalue weighted by molar-refractivity contribution is -0.468. The summed E-state index contributed by atoms with van der Waals surface area (Å²) in [4.78, 5) is 12.3. The van der Waals surface area contributed by atoms with Crippen LogP contribution in [-0.2, 0) is 4.74 Å². The van der Waals surface area contributed by atoms with Crippen LogP contribution in [0, 0.1) is 0 Å². The zero-order chi connectivity index (χ0) is 18.3. The van der Waals surface area contributed by atoms with Crippen molar-refractivity contribution < 1.29 is 36.6 Å². The fourth-order valence-electron chi connectivity index (χ4n) is 2.14. The fourth-order valence-corrected chi connectivity index (χ4v) is 2.35. The second-order valence-corrected chi connectivity index (χ2v) is 5.40. The van der Waals surface area contributed by atoms with Crippen molar-refractivity contribution in [3.05, 3.63) is 34.9 Å². The average Bonchev–Trinajstić information content (AvgIpc) is 2.73. The summed E-state index contributed by atoms with van der Waals surface area (Å²) in [7, 11) is 0. The van der Waals surface area contributed by atoms with Crippen molar-refractivity contribution in [3.63, 3.8) is 0 Å². The number of rotatable bonds is 3. The lowest BCUT2D eigenvalue weighted by Crippen LogP contribution is -2.61. The van der Waals surface area contributed by atoms with Crippen molar-refractivity contribution in [1.82, 2.24) is 5.01 Å². The molecular weight excluding hydrogens is 363 g/mol. The molecule has 1 unspecified atom stereocenters. The smallest absolute Gasteiger partial charge is 0.362 e. The quantitative estimate of drug-likeness (QED) is 0.827. The van der Waals surface area contributed by atoms with Gasteiger partial charge in [-0.15, -0.1) is 13.2 Å². The van der Waals surface area contributed by atoms with Gasteiger partial charge >= 0.3 is 12.5 Å². The van der Waals surface area contributed by atoms with Crippen LogP contribution in [0.5, 0.6) is 0 Å². The van der Waals surface area contributed by atoms with Crippen molar-refractivity contribution in [1.29, 1.82) is 0 Å². The number of carbonyl (C=O) groups excluding carboxylic acids is 1. The Morgan fingerprint density at radius 2 is 1.92 bits per heavy atom. The number of hydrogen-bond donors (Lipinski definition) is 1. The summed E-state index contributed by atoms with van der Waals surface area (Å²) in [6.45, 7) is 1.16. The Bertz CT molecular complexity index is 694. The number of ether oxygens (including phenoxy) is 1. The molecule has 24 heavy (non-hydrogen) atoms. The van der Waals surface area contributed by atoms with Gasteiger partial charge in [-0.25, -0.2) is 4.74 Å². The first-order chi connectivity index (χ1) is 10.9. The molecule has 0 fully saturated rings. The van der Waals surface area contributed by atoms with Gasteiger partial charge < -0.3 is 5.11 Å². The van der Waals surface area contributed by atoms with Crippen molar-refractivity contribution in [2.45, 2.75) is 31.5 Å². The Morgan fingerprint density at radius 1 is 1.33 bits per heavy atom. The molecule has 1 heterocycles. The normalized spacial score (nSPS) is 21.8. The molecule has 0 aliphatic carbocycles. The van der Waals surface area contributed by atoms with Gasteiger partial charge in [0, 0.05) is 12.1 Å². The summed E-state index contributed by atoms with van der Waals surface area (Å²) in [5.74, 6) is -1.30. The van der Waals surface area contributed by atoms with E-state index in [-0.39, 0.29) is 21.3 Å². The molecule has 2 rings (SSSR count). The van der Waals surface area contributed by atoms with Crippen LogP contribution in [-0.4, -0.2) is 39.9 Å². The van der Waals surface area contributed by atoms with E-state index in [1.807, 2.05) is 0 Å². The Labute approximate surface area is 137 Å². The first-order valence-electron chi connectivity index (χ1n) is 6.38. The minimum atomic E-state index is -5.74. The number of nitrogens with zero attached hydrogens (tertiary/aromatic N) is 2. The van der Waals surface area contributed by atoms with Gasteiger partial charge in [-0.3, -0.25) is 4.79 Å². The lowest BCUT2D eigenvalue weighted by atomic mass is 10.1. The number of hydrazone groups is 1. The minimum Gasteiger partial charge on any atom is -0.362 e. The van der Waals surface area contributed by atoms with E-state index < -0.39 is 30.5 Å². The van der Waals surface area contributed by atoms with Gasteiger partial charge in [-0.05, 0) is 19.1 Å². The largest absolute Gasteiger partial charge is 0.527 e. The predicted molar refractivity (Wildman–Crippen MR) is 72.4 cm³/mol. The van der Waals surface area contributed by atoms with E-state index in [0.29, 0.717) is 0 Å². The van der Waals surface area contributed by atoms with E-state index in [0.717, 1.165) is 13.0 Å². The number of amides is 1. The van der Waals surface area contributed by atoms with E-state index in [9.17, 15) is 31.9 Å².